The lowest BCUT2D eigenvalue weighted by molar-refractivity contribution is 0.430. The van der Waals surface area contributed by atoms with Gasteiger partial charge < -0.3 is 5.32 Å². The standard InChI is InChI=1S/C14H17Cl2NS/c1-14(2,3)17-7-6-9-8-18-13-11(16)5-4-10(15)12(9)13/h4-5,8,17H,6-7H2,1-3H3. The molecule has 0 aliphatic carbocycles. The zero-order chi connectivity index (χ0) is 13.3. The molecule has 2 aromatic rings. The van der Waals surface area contributed by atoms with Gasteiger partial charge in [0.25, 0.3) is 0 Å². The van der Waals surface area contributed by atoms with Crippen LogP contribution >= 0.6 is 34.5 Å². The first kappa shape index (κ1) is 14.1. The summed E-state index contributed by atoms with van der Waals surface area (Å²) in [6.07, 6.45) is 0.970. The maximum absolute atomic E-state index is 6.27. The molecule has 2 rings (SSSR count). The van der Waals surface area contributed by atoms with Crippen LogP contribution in [0.3, 0.4) is 0 Å². The van der Waals surface area contributed by atoms with E-state index in [0.717, 1.165) is 33.1 Å². The molecule has 0 aliphatic heterocycles. The van der Waals surface area contributed by atoms with Gasteiger partial charge in [0.15, 0.2) is 0 Å². The molecule has 4 heteroatoms. The Bertz CT molecular complexity index is 555. The van der Waals surface area contributed by atoms with E-state index in [4.69, 9.17) is 23.2 Å². The fourth-order valence-corrected chi connectivity index (χ4v) is 3.55. The predicted octanol–water partition coefficient (Wildman–Crippen LogP) is 5.14. The second-order valence-corrected chi connectivity index (χ2v) is 7.12. The summed E-state index contributed by atoms with van der Waals surface area (Å²) in [4.78, 5) is 0. The van der Waals surface area contributed by atoms with Gasteiger partial charge in [-0.05, 0) is 56.8 Å². The van der Waals surface area contributed by atoms with Crippen LogP contribution in [0.1, 0.15) is 26.3 Å². The van der Waals surface area contributed by atoms with E-state index in [1.807, 2.05) is 12.1 Å². The largest absolute Gasteiger partial charge is 0.312 e. The lowest BCUT2D eigenvalue weighted by atomic mass is 10.1. The molecule has 1 heterocycles. The van der Waals surface area contributed by atoms with Gasteiger partial charge in [0.2, 0.25) is 0 Å². The van der Waals surface area contributed by atoms with Gasteiger partial charge in [0.05, 0.1) is 9.72 Å². The van der Waals surface area contributed by atoms with Crippen LogP contribution < -0.4 is 5.32 Å². The highest BCUT2D eigenvalue weighted by Crippen LogP contribution is 2.37. The lowest BCUT2D eigenvalue weighted by Crippen LogP contribution is -2.37. The Morgan fingerprint density at radius 2 is 1.83 bits per heavy atom. The Kier molecular flexibility index (Phi) is 4.22. The van der Waals surface area contributed by atoms with Gasteiger partial charge in [-0.25, -0.2) is 0 Å². The average Bonchev–Trinajstić information content (AvgIpc) is 2.67. The van der Waals surface area contributed by atoms with Crippen LogP contribution in [0.15, 0.2) is 17.5 Å². The molecular formula is C14H17Cl2NS. The smallest absolute Gasteiger partial charge is 0.0585 e. The SMILES string of the molecule is CC(C)(C)NCCc1csc2c(Cl)ccc(Cl)c12. The number of hydrogen-bond acceptors (Lipinski definition) is 2. The van der Waals surface area contributed by atoms with Crippen LogP contribution in [0.4, 0.5) is 0 Å². The molecule has 1 N–H and O–H groups in total. The monoisotopic (exact) mass is 301 g/mol. The number of halogens is 2. The molecule has 0 amide bonds. The Morgan fingerprint density at radius 3 is 2.50 bits per heavy atom. The van der Waals surface area contributed by atoms with Crippen molar-refractivity contribution in [3.05, 3.63) is 33.1 Å². The van der Waals surface area contributed by atoms with Crippen LogP contribution in [0, 0.1) is 0 Å². The number of benzene rings is 1. The zero-order valence-electron chi connectivity index (χ0n) is 10.8. The number of rotatable bonds is 3. The van der Waals surface area contributed by atoms with Crippen molar-refractivity contribution in [2.45, 2.75) is 32.7 Å². The van der Waals surface area contributed by atoms with Crippen molar-refractivity contribution in [2.24, 2.45) is 0 Å². The minimum absolute atomic E-state index is 0.146. The Morgan fingerprint density at radius 1 is 1.17 bits per heavy atom. The minimum Gasteiger partial charge on any atom is -0.312 e. The molecule has 0 aliphatic rings. The van der Waals surface area contributed by atoms with Crippen molar-refractivity contribution in [2.75, 3.05) is 6.54 Å². The van der Waals surface area contributed by atoms with Gasteiger partial charge in [-0.15, -0.1) is 11.3 Å². The van der Waals surface area contributed by atoms with Gasteiger partial charge >= 0.3 is 0 Å². The van der Waals surface area contributed by atoms with E-state index in [-0.39, 0.29) is 5.54 Å². The number of thiophene rings is 1. The van der Waals surface area contributed by atoms with E-state index in [2.05, 4.69) is 31.5 Å². The summed E-state index contributed by atoms with van der Waals surface area (Å²) in [5.74, 6) is 0. The molecule has 0 saturated carbocycles. The van der Waals surface area contributed by atoms with E-state index in [1.54, 1.807) is 11.3 Å². The number of fused-ring (bicyclic) bond motifs is 1. The van der Waals surface area contributed by atoms with Crippen LogP contribution in [-0.2, 0) is 6.42 Å². The molecule has 0 spiro atoms. The van der Waals surface area contributed by atoms with Crippen LogP contribution in [0.25, 0.3) is 10.1 Å². The molecule has 0 unspecified atom stereocenters. The van der Waals surface area contributed by atoms with Crippen molar-refractivity contribution < 1.29 is 0 Å². The fraction of sp³-hybridized carbons (Fsp3) is 0.429. The second-order valence-electron chi connectivity index (χ2n) is 5.42. The lowest BCUT2D eigenvalue weighted by Gasteiger charge is -2.20. The van der Waals surface area contributed by atoms with Crippen molar-refractivity contribution in [3.63, 3.8) is 0 Å². The topological polar surface area (TPSA) is 12.0 Å². The minimum atomic E-state index is 0.146. The van der Waals surface area contributed by atoms with Crippen molar-refractivity contribution in [3.8, 4) is 0 Å². The van der Waals surface area contributed by atoms with Gasteiger partial charge in [-0.2, -0.15) is 0 Å². The molecule has 0 atom stereocenters. The third-order valence-electron chi connectivity index (χ3n) is 2.75. The first-order valence-electron chi connectivity index (χ1n) is 5.97. The molecule has 1 nitrogen and oxygen atoms in total. The third kappa shape index (κ3) is 3.18. The van der Waals surface area contributed by atoms with Gasteiger partial charge in [0, 0.05) is 15.9 Å². The summed E-state index contributed by atoms with van der Waals surface area (Å²) in [5.41, 5.74) is 1.42. The van der Waals surface area contributed by atoms with Crippen LogP contribution in [0.2, 0.25) is 10.0 Å². The molecule has 18 heavy (non-hydrogen) atoms. The highest BCUT2D eigenvalue weighted by atomic mass is 35.5. The van der Waals surface area contributed by atoms with E-state index in [0.29, 0.717) is 0 Å². The molecule has 0 saturated heterocycles. The molecule has 1 aromatic heterocycles. The number of hydrogen-bond donors (Lipinski definition) is 1. The molecular weight excluding hydrogens is 285 g/mol. The Labute approximate surface area is 122 Å². The fourth-order valence-electron chi connectivity index (χ4n) is 1.89. The second kappa shape index (κ2) is 5.38. The van der Waals surface area contributed by atoms with Gasteiger partial charge in [0.1, 0.15) is 0 Å². The Hall–Kier alpha value is -0.280. The maximum atomic E-state index is 6.27. The summed E-state index contributed by atoms with van der Waals surface area (Å²) in [5, 5.41) is 8.34. The van der Waals surface area contributed by atoms with E-state index < -0.39 is 0 Å². The first-order valence-corrected chi connectivity index (χ1v) is 7.61. The zero-order valence-corrected chi connectivity index (χ0v) is 13.1. The van der Waals surface area contributed by atoms with E-state index >= 15 is 0 Å². The molecule has 1 aromatic carbocycles. The predicted molar refractivity (Wildman–Crippen MR) is 83.3 cm³/mol. The van der Waals surface area contributed by atoms with E-state index in [9.17, 15) is 0 Å². The van der Waals surface area contributed by atoms with Crippen LogP contribution in [-0.4, -0.2) is 12.1 Å². The Balaban J connectivity index is 2.22. The first-order chi connectivity index (χ1) is 8.38. The van der Waals surface area contributed by atoms with Gasteiger partial charge in [-0.3, -0.25) is 0 Å². The van der Waals surface area contributed by atoms with Crippen molar-refractivity contribution in [1.82, 2.24) is 5.32 Å². The highest BCUT2D eigenvalue weighted by molar-refractivity contribution is 7.18. The molecule has 0 bridgehead atoms. The summed E-state index contributed by atoms with van der Waals surface area (Å²) in [7, 11) is 0. The maximum Gasteiger partial charge on any atom is 0.0585 e. The highest BCUT2D eigenvalue weighted by Gasteiger charge is 2.12. The quantitative estimate of drug-likeness (QED) is 0.828. The number of nitrogens with one attached hydrogen (secondary N) is 1. The molecule has 0 radical (unpaired) electrons. The summed E-state index contributed by atoms with van der Waals surface area (Å²) >= 11 is 14.1. The van der Waals surface area contributed by atoms with Crippen LogP contribution in [0.5, 0.6) is 0 Å². The average molecular weight is 302 g/mol. The molecule has 98 valence electrons. The third-order valence-corrected chi connectivity index (χ3v) is 4.55. The normalized spacial score (nSPS) is 12.3. The summed E-state index contributed by atoms with van der Waals surface area (Å²) in [6, 6.07) is 3.74. The molecule has 0 fully saturated rings. The van der Waals surface area contributed by atoms with Gasteiger partial charge in [-0.1, -0.05) is 23.2 Å². The summed E-state index contributed by atoms with van der Waals surface area (Å²) < 4.78 is 1.09. The van der Waals surface area contributed by atoms with Crippen molar-refractivity contribution in [1.29, 1.82) is 0 Å². The van der Waals surface area contributed by atoms with E-state index in [1.165, 1.54) is 5.56 Å². The van der Waals surface area contributed by atoms with Crippen molar-refractivity contribution >= 4 is 44.6 Å². The summed E-state index contributed by atoms with van der Waals surface area (Å²) in [6.45, 7) is 7.45.